The lowest BCUT2D eigenvalue weighted by molar-refractivity contribution is -0.481. The summed E-state index contributed by atoms with van der Waals surface area (Å²) in [5.74, 6) is -25.9. The van der Waals surface area contributed by atoms with Crippen molar-refractivity contribution in [2.24, 2.45) is 0 Å². The Labute approximate surface area is 220 Å². The van der Waals surface area contributed by atoms with Crippen LogP contribution in [0.4, 0.5) is 92.2 Å². The fourth-order valence-electron chi connectivity index (χ4n) is 1.93. The van der Waals surface area contributed by atoms with Gasteiger partial charge in [0.2, 0.25) is 0 Å². The van der Waals surface area contributed by atoms with E-state index in [1.165, 1.54) is 0 Å². The first-order valence-corrected chi connectivity index (χ1v) is 10.2. The lowest BCUT2D eigenvalue weighted by atomic mass is 10.2. The van der Waals surface area contributed by atoms with Gasteiger partial charge >= 0.3 is 58.2 Å². The maximum absolute atomic E-state index is 14.1. The van der Waals surface area contributed by atoms with Crippen LogP contribution >= 0.6 is 22.6 Å². The fraction of sp³-hybridized carbons (Fsp3) is 1.00. The highest BCUT2D eigenvalue weighted by Crippen LogP contribution is 2.53. The van der Waals surface area contributed by atoms with Gasteiger partial charge in [0.1, 0.15) is 0 Å². The highest BCUT2D eigenvalue weighted by Gasteiger charge is 2.78. The van der Waals surface area contributed by atoms with Crippen molar-refractivity contribution in [3.05, 3.63) is 0 Å². The molecule has 0 radical (unpaired) electrons. The van der Waals surface area contributed by atoms with Gasteiger partial charge < -0.3 is 10.6 Å². The summed E-state index contributed by atoms with van der Waals surface area (Å²) in [6.07, 6.45) is -34.8. The molecule has 0 saturated carbocycles. The predicted molar refractivity (Wildman–Crippen MR) is 92.5 cm³/mol. The Balaban J connectivity index is 5.50. The molecule has 0 fully saturated rings. The van der Waals surface area contributed by atoms with E-state index in [0.717, 1.165) is 10.6 Å². The molecule has 3 unspecified atom stereocenters. The molecule has 0 aromatic carbocycles. The highest BCUT2D eigenvalue weighted by molar-refractivity contribution is 14.1. The molecular formula is C14H10F21IN2O2. The Morgan fingerprint density at radius 1 is 0.425 bits per heavy atom. The maximum Gasteiger partial charge on any atom is 0.462 e. The van der Waals surface area contributed by atoms with Gasteiger partial charge in [0.15, 0.2) is 0 Å². The monoisotopic (exact) mass is 764 g/mol. The number of rotatable bonds is 13. The van der Waals surface area contributed by atoms with E-state index in [1.54, 1.807) is 0 Å². The molecule has 0 rings (SSSR count). The van der Waals surface area contributed by atoms with E-state index in [2.05, 4.69) is 9.47 Å². The summed E-state index contributed by atoms with van der Waals surface area (Å²) in [6, 6.07) is 0. The van der Waals surface area contributed by atoms with Crippen LogP contribution in [-0.2, 0) is 9.47 Å². The summed E-state index contributed by atoms with van der Waals surface area (Å²) in [5, 5.41) is 2.15. The molecule has 4 nitrogen and oxygen atoms in total. The largest absolute Gasteiger partial charge is 0.462 e. The minimum atomic E-state index is -7.39. The maximum atomic E-state index is 14.1. The topological polar surface area (TPSA) is 42.5 Å². The number of halogens is 22. The summed E-state index contributed by atoms with van der Waals surface area (Å²) in [7, 11) is 0. The SMILES string of the molecule is FC(F)(F)C(F)(CNCCNCC(F)(OC(F)(I)C(F)(F)C(F)(F)F)C(F)(F)F)OC(F)(F)C(F)(F)C(F)(F)F. The number of nitrogens with one attached hydrogen (secondary N) is 2. The molecule has 0 spiro atoms. The number of hydrogen-bond donors (Lipinski definition) is 2. The Bertz CT molecular complexity index is 769. The van der Waals surface area contributed by atoms with Crippen molar-refractivity contribution in [3.8, 4) is 0 Å². The average Bonchev–Trinajstić information content (AvgIpc) is 2.66. The minimum Gasteiger partial charge on any atom is -0.310 e. The van der Waals surface area contributed by atoms with E-state index in [0.29, 0.717) is 0 Å². The van der Waals surface area contributed by atoms with Gasteiger partial charge in [-0.25, -0.2) is 8.78 Å². The van der Waals surface area contributed by atoms with Gasteiger partial charge in [-0.3, -0.25) is 9.47 Å². The Morgan fingerprint density at radius 2 is 0.725 bits per heavy atom. The summed E-state index contributed by atoms with van der Waals surface area (Å²) in [5.41, 5.74) is 0. The van der Waals surface area contributed by atoms with E-state index in [-0.39, 0.29) is 0 Å². The molecule has 3 atom stereocenters. The lowest BCUT2D eigenvalue weighted by Crippen LogP contribution is -2.62. The van der Waals surface area contributed by atoms with Gasteiger partial charge in [-0.2, -0.15) is 83.4 Å². The summed E-state index contributed by atoms with van der Waals surface area (Å²) in [6.45, 7) is -8.32. The van der Waals surface area contributed by atoms with Crippen LogP contribution < -0.4 is 10.6 Å². The van der Waals surface area contributed by atoms with Crippen molar-refractivity contribution in [2.45, 2.75) is 58.2 Å². The van der Waals surface area contributed by atoms with Gasteiger partial charge in [-0.05, 0) is 0 Å². The quantitative estimate of drug-likeness (QED) is 0.0950. The molecule has 242 valence electrons. The van der Waals surface area contributed by atoms with Gasteiger partial charge in [-0.15, -0.1) is 0 Å². The Hall–Kier alpha value is -0.900. The Kier molecular flexibility index (Phi) is 11.4. The second-order valence-electron chi connectivity index (χ2n) is 7.19. The molecule has 0 bridgehead atoms. The van der Waals surface area contributed by atoms with Crippen LogP contribution in [0.25, 0.3) is 0 Å². The molecule has 0 aliphatic carbocycles. The van der Waals surface area contributed by atoms with Gasteiger partial charge in [0, 0.05) is 35.7 Å². The van der Waals surface area contributed by atoms with Gasteiger partial charge in [-0.1, -0.05) is 0 Å². The van der Waals surface area contributed by atoms with Crippen LogP contribution in [0.3, 0.4) is 0 Å². The molecule has 0 amide bonds. The van der Waals surface area contributed by atoms with Crippen molar-refractivity contribution in [1.29, 1.82) is 0 Å². The second-order valence-corrected chi connectivity index (χ2v) is 8.58. The molecule has 40 heavy (non-hydrogen) atoms. The fourth-order valence-corrected chi connectivity index (χ4v) is 2.58. The third-order valence-corrected chi connectivity index (χ3v) is 4.95. The smallest absolute Gasteiger partial charge is 0.310 e. The molecule has 0 heterocycles. The molecular weight excluding hydrogens is 754 g/mol. The van der Waals surface area contributed by atoms with Crippen molar-refractivity contribution in [2.75, 3.05) is 26.2 Å². The van der Waals surface area contributed by atoms with Crippen LogP contribution in [0.15, 0.2) is 0 Å². The highest BCUT2D eigenvalue weighted by atomic mass is 127. The van der Waals surface area contributed by atoms with Crippen LogP contribution in [0.2, 0.25) is 0 Å². The van der Waals surface area contributed by atoms with Crippen molar-refractivity contribution >= 4 is 22.6 Å². The molecule has 0 aromatic rings. The van der Waals surface area contributed by atoms with Crippen LogP contribution in [0, 0.1) is 0 Å². The van der Waals surface area contributed by atoms with Crippen LogP contribution in [-0.4, -0.2) is 84.4 Å². The number of alkyl halides is 22. The normalized spacial score (nSPS) is 19.6. The van der Waals surface area contributed by atoms with E-state index >= 15 is 0 Å². The molecule has 0 saturated heterocycles. The van der Waals surface area contributed by atoms with E-state index in [9.17, 15) is 92.2 Å². The van der Waals surface area contributed by atoms with E-state index in [4.69, 9.17) is 0 Å². The zero-order valence-electron chi connectivity index (χ0n) is 18.0. The summed E-state index contributed by atoms with van der Waals surface area (Å²) >= 11 is -0.666. The predicted octanol–water partition coefficient (Wildman–Crippen LogP) is 6.70. The standard InChI is InChI=1S/C14H10F21IN2O2/c15-5(9(21,22)23,39-13(33,34)7(17,18)11(27,28)29)3-37-1-2-38-4-6(16,10(24,25)26)40-14(35,36)8(19,20)12(30,31)32/h37-38H,1-4H2. The zero-order chi connectivity index (χ0) is 32.7. The molecule has 0 aliphatic heterocycles. The van der Waals surface area contributed by atoms with Crippen LogP contribution in [0.1, 0.15) is 0 Å². The van der Waals surface area contributed by atoms with Crippen LogP contribution in [0.5, 0.6) is 0 Å². The molecule has 0 aromatic heterocycles. The van der Waals surface area contributed by atoms with Crippen molar-refractivity contribution in [3.63, 3.8) is 0 Å². The third kappa shape index (κ3) is 8.35. The zero-order valence-corrected chi connectivity index (χ0v) is 20.1. The van der Waals surface area contributed by atoms with Gasteiger partial charge in [0.25, 0.3) is 0 Å². The molecule has 2 N–H and O–H groups in total. The van der Waals surface area contributed by atoms with Crippen molar-refractivity contribution < 1.29 is 102 Å². The molecule has 0 aliphatic rings. The Morgan fingerprint density at radius 3 is 1.00 bits per heavy atom. The van der Waals surface area contributed by atoms with E-state index < -0.39 is 107 Å². The first-order valence-electron chi connectivity index (χ1n) is 9.10. The van der Waals surface area contributed by atoms with Gasteiger partial charge in [0.05, 0.1) is 13.1 Å². The second kappa shape index (κ2) is 11.6. The molecule has 26 heteroatoms. The van der Waals surface area contributed by atoms with Crippen molar-refractivity contribution in [1.82, 2.24) is 10.6 Å². The first-order chi connectivity index (χ1) is 17.1. The first kappa shape index (κ1) is 39.1. The lowest BCUT2D eigenvalue weighted by Gasteiger charge is -2.36. The average molecular weight is 764 g/mol. The minimum absolute atomic E-state index is 0.666. The summed E-state index contributed by atoms with van der Waals surface area (Å²) < 4.78 is 268. The van der Waals surface area contributed by atoms with E-state index in [1.807, 2.05) is 0 Å². The number of hydrogen-bond acceptors (Lipinski definition) is 4. The number of ether oxygens (including phenoxy) is 2. The third-order valence-electron chi connectivity index (χ3n) is 4.05. The summed E-state index contributed by atoms with van der Waals surface area (Å²) in [4.78, 5) is 0.